The van der Waals surface area contributed by atoms with Crippen molar-refractivity contribution in [2.45, 2.75) is 6.92 Å². The van der Waals surface area contributed by atoms with E-state index in [2.05, 4.69) is 15.9 Å². The van der Waals surface area contributed by atoms with E-state index in [1.54, 1.807) is 54.6 Å². The summed E-state index contributed by atoms with van der Waals surface area (Å²) in [6, 6.07) is 21.5. The maximum atomic E-state index is 12.2. The van der Waals surface area contributed by atoms with E-state index in [9.17, 15) is 9.59 Å². The molecule has 0 aromatic heterocycles. The van der Waals surface area contributed by atoms with Gasteiger partial charge in [-0.1, -0.05) is 52.3 Å². The zero-order chi connectivity index (χ0) is 19.2. The molecule has 0 N–H and O–H groups in total. The van der Waals surface area contributed by atoms with Gasteiger partial charge in [-0.2, -0.15) is 0 Å². The summed E-state index contributed by atoms with van der Waals surface area (Å²) in [5, 5.41) is 0. The first kappa shape index (κ1) is 18.8. The van der Waals surface area contributed by atoms with Crippen LogP contribution >= 0.6 is 15.9 Å². The summed E-state index contributed by atoms with van der Waals surface area (Å²) in [5.41, 5.74) is 2.88. The number of esters is 1. The average Bonchev–Trinajstić information content (AvgIpc) is 2.68. The molecule has 3 aromatic carbocycles. The number of ether oxygens (including phenoxy) is 1. The molecule has 3 nitrogen and oxygen atoms in total. The minimum Gasteiger partial charge on any atom is -0.423 e. The highest BCUT2D eigenvalue weighted by molar-refractivity contribution is 9.10. The first-order chi connectivity index (χ1) is 13.0. The summed E-state index contributed by atoms with van der Waals surface area (Å²) in [5.74, 6) is -0.000922. The van der Waals surface area contributed by atoms with E-state index < -0.39 is 0 Å². The monoisotopic (exact) mass is 420 g/mol. The summed E-state index contributed by atoms with van der Waals surface area (Å²) in [7, 11) is 0. The van der Waals surface area contributed by atoms with Gasteiger partial charge in [-0.25, -0.2) is 4.79 Å². The molecule has 0 heterocycles. The second-order valence-electron chi connectivity index (χ2n) is 5.98. The van der Waals surface area contributed by atoms with Crippen molar-refractivity contribution in [3.8, 4) is 5.75 Å². The highest BCUT2D eigenvalue weighted by Gasteiger charge is 2.10. The summed E-state index contributed by atoms with van der Waals surface area (Å²) in [6.07, 6.45) is 3.26. The fourth-order valence-electron chi connectivity index (χ4n) is 2.49. The van der Waals surface area contributed by atoms with E-state index in [0.29, 0.717) is 16.9 Å². The van der Waals surface area contributed by atoms with Crippen LogP contribution in [0.1, 0.15) is 31.8 Å². The maximum Gasteiger partial charge on any atom is 0.343 e. The van der Waals surface area contributed by atoms with Gasteiger partial charge in [0.15, 0.2) is 5.78 Å². The zero-order valence-electron chi connectivity index (χ0n) is 14.7. The lowest BCUT2D eigenvalue weighted by molar-refractivity contribution is 0.0734. The Morgan fingerprint density at radius 1 is 0.889 bits per heavy atom. The summed E-state index contributed by atoms with van der Waals surface area (Å²) >= 11 is 3.35. The van der Waals surface area contributed by atoms with E-state index in [-0.39, 0.29) is 11.8 Å². The van der Waals surface area contributed by atoms with Crippen LogP contribution in [0.15, 0.2) is 83.3 Å². The van der Waals surface area contributed by atoms with Crippen molar-refractivity contribution >= 4 is 33.8 Å². The number of carbonyl (C=O) groups excluding carboxylic acids is 2. The molecular formula is C23H17BrO3. The van der Waals surface area contributed by atoms with Crippen molar-refractivity contribution in [3.05, 3.63) is 106 Å². The molecule has 0 aliphatic carbocycles. The van der Waals surface area contributed by atoms with Gasteiger partial charge in [-0.3, -0.25) is 4.79 Å². The SMILES string of the molecule is Cc1ccccc1C(=O)Oc1ccc(/C=C/C(=O)c2ccc(Br)cc2)cc1. The van der Waals surface area contributed by atoms with Crippen LogP contribution in [0.25, 0.3) is 6.08 Å². The van der Waals surface area contributed by atoms with Crippen LogP contribution in [0.3, 0.4) is 0 Å². The van der Waals surface area contributed by atoms with Gasteiger partial charge in [-0.15, -0.1) is 0 Å². The van der Waals surface area contributed by atoms with Gasteiger partial charge in [-0.05, 0) is 66.6 Å². The predicted octanol–water partition coefficient (Wildman–Crippen LogP) is 5.87. The lowest BCUT2D eigenvalue weighted by Gasteiger charge is -2.06. The average molecular weight is 421 g/mol. The Balaban J connectivity index is 1.65. The largest absolute Gasteiger partial charge is 0.423 e. The van der Waals surface area contributed by atoms with Crippen molar-refractivity contribution in [1.82, 2.24) is 0 Å². The van der Waals surface area contributed by atoms with Crippen molar-refractivity contribution in [2.24, 2.45) is 0 Å². The number of allylic oxidation sites excluding steroid dienone is 1. The molecule has 0 radical (unpaired) electrons. The third-order valence-electron chi connectivity index (χ3n) is 4.01. The molecule has 0 fully saturated rings. The fourth-order valence-corrected chi connectivity index (χ4v) is 2.76. The fraction of sp³-hybridized carbons (Fsp3) is 0.0435. The zero-order valence-corrected chi connectivity index (χ0v) is 16.3. The highest BCUT2D eigenvalue weighted by Crippen LogP contribution is 2.17. The van der Waals surface area contributed by atoms with E-state index >= 15 is 0 Å². The second kappa shape index (κ2) is 8.60. The first-order valence-corrected chi connectivity index (χ1v) is 9.18. The van der Waals surface area contributed by atoms with Gasteiger partial charge in [0.05, 0.1) is 5.56 Å². The number of hydrogen-bond donors (Lipinski definition) is 0. The van der Waals surface area contributed by atoms with Crippen LogP contribution < -0.4 is 4.74 Å². The number of hydrogen-bond acceptors (Lipinski definition) is 3. The van der Waals surface area contributed by atoms with Gasteiger partial charge in [0.1, 0.15) is 5.75 Å². The second-order valence-corrected chi connectivity index (χ2v) is 6.89. The number of halogens is 1. The number of aryl methyl sites for hydroxylation is 1. The molecule has 0 aliphatic heterocycles. The number of rotatable bonds is 5. The number of ketones is 1. The normalized spacial score (nSPS) is 10.7. The van der Waals surface area contributed by atoms with Crippen molar-refractivity contribution < 1.29 is 14.3 Å². The van der Waals surface area contributed by atoms with Gasteiger partial charge < -0.3 is 4.74 Å². The quantitative estimate of drug-likeness (QED) is 0.224. The number of carbonyl (C=O) groups is 2. The van der Waals surface area contributed by atoms with Crippen molar-refractivity contribution in [1.29, 1.82) is 0 Å². The summed E-state index contributed by atoms with van der Waals surface area (Å²) in [6.45, 7) is 1.87. The molecule has 4 heteroatoms. The Kier molecular flexibility index (Phi) is 5.99. The van der Waals surface area contributed by atoms with Gasteiger partial charge in [0.2, 0.25) is 0 Å². The highest BCUT2D eigenvalue weighted by atomic mass is 79.9. The van der Waals surface area contributed by atoms with Gasteiger partial charge in [0.25, 0.3) is 0 Å². The van der Waals surface area contributed by atoms with Crippen LogP contribution in [0.4, 0.5) is 0 Å². The van der Waals surface area contributed by atoms with Crippen LogP contribution in [0.5, 0.6) is 5.75 Å². The van der Waals surface area contributed by atoms with E-state index in [0.717, 1.165) is 15.6 Å². The molecule has 0 amide bonds. The molecule has 3 aromatic rings. The first-order valence-electron chi connectivity index (χ1n) is 8.39. The van der Waals surface area contributed by atoms with Crippen LogP contribution in [-0.2, 0) is 0 Å². The minimum absolute atomic E-state index is 0.0717. The molecule has 0 saturated heterocycles. The molecule has 27 heavy (non-hydrogen) atoms. The Labute approximate surface area is 166 Å². The minimum atomic E-state index is -0.387. The maximum absolute atomic E-state index is 12.2. The Morgan fingerprint density at radius 2 is 1.56 bits per heavy atom. The Hall–Kier alpha value is -2.98. The van der Waals surface area contributed by atoms with Gasteiger partial charge >= 0.3 is 5.97 Å². The molecule has 3 rings (SSSR count). The standard InChI is InChI=1S/C23H17BrO3/c1-16-4-2-3-5-21(16)23(26)27-20-13-6-17(7-14-20)8-15-22(25)18-9-11-19(24)12-10-18/h2-15H,1H3/b15-8+. The molecule has 0 unspecified atom stereocenters. The summed E-state index contributed by atoms with van der Waals surface area (Å²) in [4.78, 5) is 24.4. The topological polar surface area (TPSA) is 43.4 Å². The number of benzene rings is 3. The molecule has 0 atom stereocenters. The summed E-state index contributed by atoms with van der Waals surface area (Å²) < 4.78 is 6.34. The van der Waals surface area contributed by atoms with Crippen LogP contribution in [0.2, 0.25) is 0 Å². The molecule has 0 bridgehead atoms. The Bertz CT molecular complexity index is 987. The van der Waals surface area contributed by atoms with Crippen LogP contribution in [0, 0.1) is 6.92 Å². The third-order valence-corrected chi connectivity index (χ3v) is 4.54. The van der Waals surface area contributed by atoms with E-state index in [1.807, 2.05) is 31.2 Å². The molecule has 0 spiro atoms. The molecule has 0 saturated carbocycles. The van der Waals surface area contributed by atoms with Gasteiger partial charge in [0, 0.05) is 10.0 Å². The smallest absolute Gasteiger partial charge is 0.343 e. The third kappa shape index (κ3) is 5.02. The van der Waals surface area contributed by atoms with E-state index in [4.69, 9.17) is 4.74 Å². The van der Waals surface area contributed by atoms with Crippen molar-refractivity contribution in [3.63, 3.8) is 0 Å². The molecule has 134 valence electrons. The lowest BCUT2D eigenvalue weighted by Crippen LogP contribution is -2.09. The van der Waals surface area contributed by atoms with Crippen LogP contribution in [-0.4, -0.2) is 11.8 Å². The predicted molar refractivity (Wildman–Crippen MR) is 110 cm³/mol. The molecular weight excluding hydrogens is 404 g/mol. The lowest BCUT2D eigenvalue weighted by atomic mass is 10.1. The molecule has 0 aliphatic rings. The van der Waals surface area contributed by atoms with E-state index in [1.165, 1.54) is 6.08 Å². The van der Waals surface area contributed by atoms with Crippen molar-refractivity contribution in [2.75, 3.05) is 0 Å². The Morgan fingerprint density at radius 3 is 2.22 bits per heavy atom.